The Balaban J connectivity index is 2.22. The minimum atomic E-state index is -0.478. The van der Waals surface area contributed by atoms with Gasteiger partial charge in [-0.1, -0.05) is 24.3 Å². The molecule has 0 aromatic heterocycles. The Morgan fingerprint density at radius 3 is 2.40 bits per heavy atom. The normalized spacial score (nSPS) is 10.7. The Labute approximate surface area is 146 Å². The molecule has 0 saturated carbocycles. The maximum Gasteiger partial charge on any atom is 0.337 e. The molecule has 0 aliphatic heterocycles. The van der Waals surface area contributed by atoms with Crippen molar-refractivity contribution >= 4 is 23.6 Å². The van der Waals surface area contributed by atoms with Crippen LogP contribution in [0.3, 0.4) is 0 Å². The van der Waals surface area contributed by atoms with Gasteiger partial charge in [0.1, 0.15) is 11.6 Å². The van der Waals surface area contributed by atoms with Crippen LogP contribution in [0, 0.1) is 25.2 Å². The number of hydrogen-bond acceptors (Lipinski definition) is 4. The standard InChI is InChI=1S/C20H18N2O3/c1-13-5-4-6-18(14(13)2)22-19(23)17(12-21)11-15-7-9-16(10-8-15)20(24)25-3/h4-11H,1-3H3,(H,22,23). The quantitative estimate of drug-likeness (QED) is 0.526. The van der Waals surface area contributed by atoms with E-state index in [1.807, 2.05) is 32.0 Å². The number of carbonyl (C=O) groups excluding carboxylic acids is 2. The highest BCUT2D eigenvalue weighted by Crippen LogP contribution is 2.19. The summed E-state index contributed by atoms with van der Waals surface area (Å²) in [7, 11) is 1.31. The van der Waals surface area contributed by atoms with Crippen molar-refractivity contribution in [3.8, 4) is 6.07 Å². The smallest absolute Gasteiger partial charge is 0.337 e. The Morgan fingerprint density at radius 1 is 1.12 bits per heavy atom. The minimum Gasteiger partial charge on any atom is -0.465 e. The van der Waals surface area contributed by atoms with E-state index in [2.05, 4.69) is 10.1 Å². The number of carbonyl (C=O) groups is 2. The lowest BCUT2D eigenvalue weighted by Gasteiger charge is -2.09. The number of methoxy groups -OCH3 is 1. The van der Waals surface area contributed by atoms with Crippen LogP contribution in [0.4, 0.5) is 5.69 Å². The first-order chi connectivity index (χ1) is 12.0. The van der Waals surface area contributed by atoms with Crippen LogP contribution < -0.4 is 5.32 Å². The van der Waals surface area contributed by atoms with Crippen molar-refractivity contribution in [2.75, 3.05) is 12.4 Å². The van der Waals surface area contributed by atoms with E-state index < -0.39 is 11.9 Å². The van der Waals surface area contributed by atoms with Crippen LogP contribution in [0.5, 0.6) is 0 Å². The number of anilines is 1. The van der Waals surface area contributed by atoms with E-state index >= 15 is 0 Å². The molecule has 0 saturated heterocycles. The maximum absolute atomic E-state index is 12.4. The summed E-state index contributed by atoms with van der Waals surface area (Å²) in [6, 6.07) is 14.0. The van der Waals surface area contributed by atoms with Crippen molar-refractivity contribution in [3.05, 3.63) is 70.3 Å². The first-order valence-electron chi connectivity index (χ1n) is 7.64. The molecule has 0 unspecified atom stereocenters. The fraction of sp³-hybridized carbons (Fsp3) is 0.150. The topological polar surface area (TPSA) is 79.2 Å². The number of benzene rings is 2. The number of nitrogens with zero attached hydrogens (tertiary/aromatic N) is 1. The van der Waals surface area contributed by atoms with E-state index in [-0.39, 0.29) is 5.57 Å². The van der Waals surface area contributed by atoms with Crippen LogP contribution in [0.2, 0.25) is 0 Å². The number of ether oxygens (including phenoxy) is 1. The summed E-state index contributed by atoms with van der Waals surface area (Å²) < 4.78 is 4.63. The van der Waals surface area contributed by atoms with Crippen LogP contribution in [0.15, 0.2) is 48.0 Å². The lowest BCUT2D eigenvalue weighted by Crippen LogP contribution is -2.14. The van der Waals surface area contributed by atoms with Crippen molar-refractivity contribution in [3.63, 3.8) is 0 Å². The van der Waals surface area contributed by atoms with Gasteiger partial charge >= 0.3 is 5.97 Å². The molecule has 0 radical (unpaired) electrons. The first-order valence-corrected chi connectivity index (χ1v) is 7.64. The van der Waals surface area contributed by atoms with E-state index in [0.717, 1.165) is 11.1 Å². The molecule has 0 heterocycles. The average Bonchev–Trinajstić information content (AvgIpc) is 2.63. The van der Waals surface area contributed by atoms with E-state index in [1.165, 1.54) is 13.2 Å². The molecule has 0 spiro atoms. The molecule has 5 heteroatoms. The van der Waals surface area contributed by atoms with Gasteiger partial charge in [-0.25, -0.2) is 4.79 Å². The lowest BCUT2D eigenvalue weighted by molar-refractivity contribution is -0.112. The van der Waals surface area contributed by atoms with Gasteiger partial charge in [0.25, 0.3) is 5.91 Å². The number of nitriles is 1. The van der Waals surface area contributed by atoms with Gasteiger partial charge in [0, 0.05) is 5.69 Å². The van der Waals surface area contributed by atoms with Crippen molar-refractivity contribution < 1.29 is 14.3 Å². The second-order valence-corrected chi connectivity index (χ2v) is 5.49. The summed E-state index contributed by atoms with van der Waals surface area (Å²) in [6.07, 6.45) is 1.47. The minimum absolute atomic E-state index is 0.0216. The Kier molecular flexibility index (Phi) is 5.70. The highest BCUT2D eigenvalue weighted by Gasteiger charge is 2.12. The van der Waals surface area contributed by atoms with Crippen LogP contribution >= 0.6 is 0 Å². The second-order valence-electron chi connectivity index (χ2n) is 5.49. The van der Waals surface area contributed by atoms with Gasteiger partial charge in [-0.2, -0.15) is 5.26 Å². The summed E-state index contributed by atoms with van der Waals surface area (Å²) >= 11 is 0. The monoisotopic (exact) mass is 334 g/mol. The average molecular weight is 334 g/mol. The van der Waals surface area contributed by atoms with Crippen molar-refractivity contribution in [2.45, 2.75) is 13.8 Å². The Morgan fingerprint density at radius 2 is 1.80 bits per heavy atom. The SMILES string of the molecule is COC(=O)c1ccc(C=C(C#N)C(=O)Nc2cccc(C)c2C)cc1. The lowest BCUT2D eigenvalue weighted by atomic mass is 10.1. The molecule has 0 atom stereocenters. The molecule has 2 aromatic carbocycles. The molecule has 2 rings (SSSR count). The molecular weight excluding hydrogens is 316 g/mol. The summed E-state index contributed by atoms with van der Waals surface area (Å²) in [5, 5.41) is 12.0. The summed E-state index contributed by atoms with van der Waals surface area (Å²) in [4.78, 5) is 23.8. The number of rotatable bonds is 4. The zero-order valence-electron chi connectivity index (χ0n) is 14.3. The van der Waals surface area contributed by atoms with Crippen LogP contribution in [-0.2, 0) is 9.53 Å². The predicted molar refractivity (Wildman–Crippen MR) is 95.9 cm³/mol. The van der Waals surface area contributed by atoms with Crippen molar-refractivity contribution in [1.82, 2.24) is 0 Å². The summed E-state index contributed by atoms with van der Waals surface area (Å²) in [5.74, 6) is -0.919. The molecule has 1 amide bonds. The molecule has 0 aliphatic rings. The Hall–Kier alpha value is -3.39. The van der Waals surface area contributed by atoms with E-state index in [9.17, 15) is 14.9 Å². The highest BCUT2D eigenvalue weighted by molar-refractivity contribution is 6.10. The van der Waals surface area contributed by atoms with Crippen molar-refractivity contribution in [2.24, 2.45) is 0 Å². The zero-order chi connectivity index (χ0) is 18.4. The molecule has 0 fully saturated rings. The van der Waals surface area contributed by atoms with Crippen molar-refractivity contribution in [1.29, 1.82) is 5.26 Å². The number of hydrogen-bond donors (Lipinski definition) is 1. The molecule has 0 bridgehead atoms. The number of amides is 1. The first kappa shape index (κ1) is 18.0. The summed E-state index contributed by atoms with van der Waals surface area (Å²) in [5.41, 5.74) is 3.70. The molecular formula is C20H18N2O3. The van der Waals surface area contributed by atoms with Gasteiger partial charge in [0.05, 0.1) is 12.7 Å². The maximum atomic E-state index is 12.4. The number of esters is 1. The second kappa shape index (κ2) is 7.93. The third-order valence-corrected chi connectivity index (χ3v) is 3.86. The largest absolute Gasteiger partial charge is 0.465 e. The van der Waals surface area contributed by atoms with Gasteiger partial charge in [-0.15, -0.1) is 0 Å². The molecule has 1 N–H and O–H groups in total. The molecule has 0 aliphatic carbocycles. The molecule has 126 valence electrons. The molecule has 5 nitrogen and oxygen atoms in total. The molecule has 2 aromatic rings. The number of nitrogens with one attached hydrogen (secondary N) is 1. The van der Waals surface area contributed by atoms with Gasteiger partial charge in [-0.3, -0.25) is 4.79 Å². The fourth-order valence-electron chi connectivity index (χ4n) is 2.22. The van der Waals surface area contributed by atoms with Gasteiger partial charge < -0.3 is 10.1 Å². The van der Waals surface area contributed by atoms with E-state index in [4.69, 9.17) is 0 Å². The summed E-state index contributed by atoms with van der Waals surface area (Å²) in [6.45, 7) is 3.86. The number of aryl methyl sites for hydroxylation is 1. The highest BCUT2D eigenvalue weighted by atomic mass is 16.5. The van der Waals surface area contributed by atoms with Gasteiger partial charge in [0.2, 0.25) is 0 Å². The Bertz CT molecular complexity index is 875. The van der Waals surface area contributed by atoms with Crippen LogP contribution in [0.1, 0.15) is 27.0 Å². The fourth-order valence-corrected chi connectivity index (χ4v) is 2.22. The zero-order valence-corrected chi connectivity index (χ0v) is 14.3. The van der Waals surface area contributed by atoms with Crippen LogP contribution in [0.25, 0.3) is 6.08 Å². The molecule has 25 heavy (non-hydrogen) atoms. The van der Waals surface area contributed by atoms with E-state index in [0.29, 0.717) is 16.8 Å². The van der Waals surface area contributed by atoms with Gasteiger partial charge in [0.15, 0.2) is 0 Å². The van der Waals surface area contributed by atoms with E-state index in [1.54, 1.807) is 30.3 Å². The van der Waals surface area contributed by atoms with Crippen LogP contribution in [-0.4, -0.2) is 19.0 Å². The third kappa shape index (κ3) is 4.33. The third-order valence-electron chi connectivity index (χ3n) is 3.86. The predicted octanol–water partition coefficient (Wildman–Crippen LogP) is 3.64. The van der Waals surface area contributed by atoms with Gasteiger partial charge in [-0.05, 0) is 54.8 Å².